The summed E-state index contributed by atoms with van der Waals surface area (Å²) in [4.78, 5) is 11.9. The molecule has 0 aromatic carbocycles. The van der Waals surface area contributed by atoms with Crippen LogP contribution in [0, 0.1) is 11.8 Å². The summed E-state index contributed by atoms with van der Waals surface area (Å²) in [5.74, 6) is 1.55. The van der Waals surface area contributed by atoms with Gasteiger partial charge in [0.05, 0.1) is 6.20 Å². The molecule has 0 radical (unpaired) electrons. The van der Waals surface area contributed by atoms with Gasteiger partial charge in [0.2, 0.25) is 5.91 Å². The first-order valence-electron chi connectivity index (χ1n) is 5.82. The summed E-state index contributed by atoms with van der Waals surface area (Å²) < 4.78 is 1.58. The molecule has 2 rings (SSSR count). The molecule has 1 aliphatic carbocycles. The van der Waals surface area contributed by atoms with Gasteiger partial charge in [-0.2, -0.15) is 0 Å². The van der Waals surface area contributed by atoms with E-state index in [0.29, 0.717) is 5.82 Å². The first-order valence-corrected chi connectivity index (χ1v) is 5.82. The van der Waals surface area contributed by atoms with Gasteiger partial charge in [0, 0.05) is 13.0 Å². The summed E-state index contributed by atoms with van der Waals surface area (Å²) in [7, 11) is 1.78. The lowest BCUT2D eigenvalue weighted by molar-refractivity contribution is -0.121. The average Bonchev–Trinajstić information content (AvgIpc) is 2.65. The summed E-state index contributed by atoms with van der Waals surface area (Å²) in [6, 6.07) is 0. The number of anilines is 1. The highest BCUT2D eigenvalue weighted by Crippen LogP contribution is 2.28. The number of aromatic nitrogens is 3. The molecule has 1 heterocycles. The number of carbonyl (C=O) groups excluding carboxylic acids is 1. The molecule has 0 aliphatic heterocycles. The van der Waals surface area contributed by atoms with Gasteiger partial charge in [0.15, 0.2) is 5.82 Å². The summed E-state index contributed by atoms with van der Waals surface area (Å²) in [5, 5.41) is 10.4. The highest BCUT2D eigenvalue weighted by Gasteiger charge is 2.24. The molecule has 16 heavy (non-hydrogen) atoms. The quantitative estimate of drug-likeness (QED) is 0.826. The molecular formula is C11H18N4O. The van der Waals surface area contributed by atoms with Crippen LogP contribution in [-0.2, 0) is 11.8 Å². The number of hydrogen-bond donors (Lipinski definition) is 1. The summed E-state index contributed by atoms with van der Waals surface area (Å²) in [6.45, 7) is 2.25. The maximum atomic E-state index is 11.9. The van der Waals surface area contributed by atoms with Gasteiger partial charge in [0.1, 0.15) is 0 Å². The lowest BCUT2D eigenvalue weighted by Gasteiger charge is -2.24. The van der Waals surface area contributed by atoms with Crippen molar-refractivity contribution in [2.24, 2.45) is 18.9 Å². The Morgan fingerprint density at radius 3 is 2.69 bits per heavy atom. The van der Waals surface area contributed by atoms with Crippen LogP contribution in [-0.4, -0.2) is 20.9 Å². The third kappa shape index (κ3) is 2.59. The molecule has 1 saturated carbocycles. The topological polar surface area (TPSA) is 59.8 Å². The van der Waals surface area contributed by atoms with Gasteiger partial charge in [0.25, 0.3) is 0 Å². The van der Waals surface area contributed by atoms with Gasteiger partial charge in [-0.25, -0.2) is 0 Å². The monoisotopic (exact) mass is 222 g/mol. The Morgan fingerprint density at radius 1 is 1.44 bits per heavy atom. The van der Waals surface area contributed by atoms with Gasteiger partial charge < -0.3 is 5.32 Å². The predicted octanol–water partition coefficient (Wildman–Crippen LogP) is 1.58. The van der Waals surface area contributed by atoms with Crippen LogP contribution in [0.4, 0.5) is 5.82 Å². The second-order valence-electron chi connectivity index (χ2n) is 4.72. The van der Waals surface area contributed by atoms with E-state index >= 15 is 0 Å². The molecule has 88 valence electrons. The third-order valence-corrected chi connectivity index (χ3v) is 3.24. The van der Waals surface area contributed by atoms with Crippen molar-refractivity contribution in [3.05, 3.63) is 6.20 Å². The number of aryl methyl sites for hydroxylation is 1. The Labute approximate surface area is 95.2 Å². The van der Waals surface area contributed by atoms with Crippen LogP contribution in [0.15, 0.2) is 6.20 Å². The molecule has 1 aromatic heterocycles. The van der Waals surface area contributed by atoms with Crippen molar-refractivity contribution in [2.75, 3.05) is 5.32 Å². The fourth-order valence-electron chi connectivity index (χ4n) is 2.16. The van der Waals surface area contributed by atoms with Crippen molar-refractivity contribution in [1.29, 1.82) is 0 Å². The molecule has 1 fully saturated rings. The molecule has 0 atom stereocenters. The zero-order valence-electron chi connectivity index (χ0n) is 9.81. The van der Waals surface area contributed by atoms with Gasteiger partial charge in [-0.05, 0) is 31.6 Å². The summed E-state index contributed by atoms with van der Waals surface area (Å²) in [5.41, 5.74) is 0. The van der Waals surface area contributed by atoms with Crippen molar-refractivity contribution < 1.29 is 4.79 Å². The third-order valence-electron chi connectivity index (χ3n) is 3.24. The number of nitrogens with one attached hydrogen (secondary N) is 1. The van der Waals surface area contributed by atoms with Gasteiger partial charge in [-0.3, -0.25) is 9.48 Å². The number of nitrogens with zero attached hydrogens (tertiary/aromatic N) is 3. The van der Waals surface area contributed by atoms with Crippen molar-refractivity contribution in [3.63, 3.8) is 0 Å². The average molecular weight is 222 g/mol. The normalized spacial score (nSPS) is 25.4. The van der Waals surface area contributed by atoms with Crippen LogP contribution in [0.25, 0.3) is 0 Å². The van der Waals surface area contributed by atoms with Crippen molar-refractivity contribution >= 4 is 11.7 Å². The van der Waals surface area contributed by atoms with Gasteiger partial charge in [-0.1, -0.05) is 12.1 Å². The van der Waals surface area contributed by atoms with E-state index in [2.05, 4.69) is 22.6 Å². The van der Waals surface area contributed by atoms with Crippen LogP contribution >= 0.6 is 0 Å². The highest BCUT2D eigenvalue weighted by atomic mass is 16.2. The van der Waals surface area contributed by atoms with E-state index in [1.807, 2.05) is 0 Å². The number of carbonyl (C=O) groups is 1. The summed E-state index contributed by atoms with van der Waals surface area (Å²) >= 11 is 0. The smallest absolute Gasteiger partial charge is 0.228 e. The SMILES string of the molecule is CC1CCC(C(=O)Nc2cn(C)nn2)CC1. The second kappa shape index (κ2) is 4.63. The Hall–Kier alpha value is -1.39. The first kappa shape index (κ1) is 11.1. The largest absolute Gasteiger partial charge is 0.308 e. The van der Waals surface area contributed by atoms with Crippen LogP contribution in [0.2, 0.25) is 0 Å². The number of hydrogen-bond acceptors (Lipinski definition) is 3. The molecule has 5 nitrogen and oxygen atoms in total. The molecule has 0 spiro atoms. The molecule has 0 unspecified atom stereocenters. The maximum absolute atomic E-state index is 11.9. The fourth-order valence-corrected chi connectivity index (χ4v) is 2.16. The molecular weight excluding hydrogens is 204 g/mol. The molecule has 1 N–H and O–H groups in total. The van der Waals surface area contributed by atoms with Crippen LogP contribution in [0.3, 0.4) is 0 Å². The molecule has 0 bridgehead atoms. The van der Waals surface area contributed by atoms with Crippen LogP contribution < -0.4 is 5.32 Å². The van der Waals surface area contributed by atoms with E-state index in [1.54, 1.807) is 17.9 Å². The van der Waals surface area contributed by atoms with Gasteiger partial charge in [-0.15, -0.1) is 5.10 Å². The van der Waals surface area contributed by atoms with Crippen LogP contribution in [0.5, 0.6) is 0 Å². The zero-order chi connectivity index (χ0) is 11.5. The molecule has 0 saturated heterocycles. The second-order valence-corrected chi connectivity index (χ2v) is 4.72. The van der Waals surface area contributed by atoms with E-state index < -0.39 is 0 Å². The maximum Gasteiger partial charge on any atom is 0.228 e. The zero-order valence-corrected chi connectivity index (χ0v) is 9.81. The first-order chi connectivity index (χ1) is 7.65. The minimum Gasteiger partial charge on any atom is -0.308 e. The number of amides is 1. The van der Waals surface area contributed by atoms with E-state index in [4.69, 9.17) is 0 Å². The minimum atomic E-state index is 0.0902. The van der Waals surface area contributed by atoms with Crippen molar-refractivity contribution in [3.8, 4) is 0 Å². The Kier molecular flexibility index (Phi) is 3.22. The lowest BCUT2D eigenvalue weighted by Crippen LogP contribution is -2.26. The molecule has 1 aliphatic rings. The van der Waals surface area contributed by atoms with E-state index in [1.165, 1.54) is 0 Å². The molecule has 1 amide bonds. The van der Waals surface area contributed by atoms with E-state index in [9.17, 15) is 4.79 Å². The lowest BCUT2D eigenvalue weighted by atomic mass is 9.82. The number of rotatable bonds is 2. The Bertz CT molecular complexity index is 366. The van der Waals surface area contributed by atoms with Crippen LogP contribution in [0.1, 0.15) is 32.6 Å². The van der Waals surface area contributed by atoms with E-state index in [0.717, 1.165) is 31.6 Å². The predicted molar refractivity (Wildman–Crippen MR) is 60.8 cm³/mol. The Morgan fingerprint density at radius 2 is 2.12 bits per heavy atom. The van der Waals surface area contributed by atoms with E-state index in [-0.39, 0.29) is 11.8 Å². The highest BCUT2D eigenvalue weighted by molar-refractivity contribution is 5.91. The molecule has 1 aromatic rings. The molecule has 5 heteroatoms. The minimum absolute atomic E-state index is 0.0902. The van der Waals surface area contributed by atoms with Gasteiger partial charge >= 0.3 is 0 Å². The standard InChI is InChI=1S/C11H18N4O/c1-8-3-5-9(6-4-8)11(16)12-10-7-15(2)14-13-10/h7-9H,3-6H2,1-2H3,(H,12,16). The Balaban J connectivity index is 1.88. The van der Waals surface area contributed by atoms with Crippen molar-refractivity contribution in [2.45, 2.75) is 32.6 Å². The fraction of sp³-hybridized carbons (Fsp3) is 0.727. The van der Waals surface area contributed by atoms with Crippen molar-refractivity contribution in [1.82, 2.24) is 15.0 Å². The summed E-state index contributed by atoms with van der Waals surface area (Å²) in [6.07, 6.45) is 6.00.